The van der Waals surface area contributed by atoms with E-state index in [2.05, 4.69) is 15.2 Å². The standard InChI is InChI=1S/C25H18N4O4/c30-24-20-14-8-7-13-19(20)22(27-29(24)15-17-9-3-1-4-10-17)25(31)32-16-21-26-23(28-33-21)18-11-5-2-6-12-18/h1-14H,15-16H2. The molecule has 0 aliphatic rings. The fraction of sp³-hybridized carbons (Fsp3) is 0.0800. The minimum atomic E-state index is -0.688. The monoisotopic (exact) mass is 438 g/mol. The molecule has 0 spiro atoms. The summed E-state index contributed by atoms with van der Waals surface area (Å²) in [4.78, 5) is 30.1. The fourth-order valence-corrected chi connectivity index (χ4v) is 3.46. The molecule has 2 heterocycles. The van der Waals surface area contributed by atoms with E-state index in [1.807, 2.05) is 60.7 Å². The first kappa shape index (κ1) is 20.3. The van der Waals surface area contributed by atoms with Crippen molar-refractivity contribution in [2.24, 2.45) is 0 Å². The molecule has 0 saturated heterocycles. The van der Waals surface area contributed by atoms with Crippen molar-refractivity contribution >= 4 is 16.7 Å². The smallest absolute Gasteiger partial charge is 0.359 e. The Balaban J connectivity index is 1.42. The molecule has 2 aromatic heterocycles. The third-order valence-electron chi connectivity index (χ3n) is 5.06. The number of hydrogen-bond donors (Lipinski definition) is 0. The van der Waals surface area contributed by atoms with Gasteiger partial charge in [0, 0.05) is 10.9 Å². The molecule has 5 aromatic rings. The number of aromatic nitrogens is 4. The minimum absolute atomic E-state index is 0.0453. The molecule has 0 aliphatic heterocycles. The number of carbonyl (C=O) groups excluding carboxylic acids is 1. The van der Waals surface area contributed by atoms with E-state index in [-0.39, 0.29) is 30.3 Å². The second kappa shape index (κ2) is 8.88. The molecule has 8 heteroatoms. The largest absolute Gasteiger partial charge is 0.451 e. The van der Waals surface area contributed by atoms with Crippen molar-refractivity contribution < 1.29 is 14.1 Å². The molecule has 0 fully saturated rings. The highest BCUT2D eigenvalue weighted by molar-refractivity contribution is 6.02. The zero-order valence-electron chi connectivity index (χ0n) is 17.4. The van der Waals surface area contributed by atoms with Crippen molar-refractivity contribution in [3.8, 4) is 11.4 Å². The lowest BCUT2D eigenvalue weighted by Gasteiger charge is -2.10. The van der Waals surface area contributed by atoms with Gasteiger partial charge in [-0.2, -0.15) is 10.1 Å². The highest BCUT2D eigenvalue weighted by atomic mass is 16.6. The van der Waals surface area contributed by atoms with Crippen molar-refractivity contribution in [1.29, 1.82) is 0 Å². The predicted octanol–water partition coefficient (Wildman–Crippen LogP) is 3.85. The molecule has 0 atom stereocenters. The Bertz CT molecular complexity index is 1480. The molecule has 3 aromatic carbocycles. The summed E-state index contributed by atoms with van der Waals surface area (Å²) in [7, 11) is 0. The van der Waals surface area contributed by atoms with Crippen LogP contribution in [0.4, 0.5) is 0 Å². The number of fused-ring (bicyclic) bond motifs is 1. The quantitative estimate of drug-likeness (QED) is 0.371. The van der Waals surface area contributed by atoms with E-state index in [9.17, 15) is 9.59 Å². The Morgan fingerprint density at radius 2 is 1.55 bits per heavy atom. The summed E-state index contributed by atoms with van der Waals surface area (Å²) < 4.78 is 11.9. The maximum Gasteiger partial charge on any atom is 0.359 e. The topological polar surface area (TPSA) is 100 Å². The highest BCUT2D eigenvalue weighted by Gasteiger charge is 2.19. The van der Waals surface area contributed by atoms with Crippen LogP contribution in [0.25, 0.3) is 22.2 Å². The molecule has 5 rings (SSSR count). The number of hydrogen-bond acceptors (Lipinski definition) is 7. The second-order valence-electron chi connectivity index (χ2n) is 7.30. The molecule has 0 radical (unpaired) electrons. The van der Waals surface area contributed by atoms with Crippen molar-refractivity contribution in [2.45, 2.75) is 13.2 Å². The fourth-order valence-electron chi connectivity index (χ4n) is 3.46. The van der Waals surface area contributed by atoms with Crippen LogP contribution >= 0.6 is 0 Å². The zero-order valence-corrected chi connectivity index (χ0v) is 17.4. The maximum absolute atomic E-state index is 12.9. The van der Waals surface area contributed by atoms with Crippen molar-refractivity contribution in [3.05, 3.63) is 112 Å². The van der Waals surface area contributed by atoms with E-state index >= 15 is 0 Å². The van der Waals surface area contributed by atoms with Crippen LogP contribution in [0.5, 0.6) is 0 Å². The average molecular weight is 438 g/mol. The van der Waals surface area contributed by atoms with Gasteiger partial charge in [0.05, 0.1) is 11.9 Å². The van der Waals surface area contributed by atoms with Gasteiger partial charge in [0.1, 0.15) is 0 Å². The maximum atomic E-state index is 12.9. The highest BCUT2D eigenvalue weighted by Crippen LogP contribution is 2.17. The molecular weight excluding hydrogens is 420 g/mol. The Kier molecular flexibility index (Phi) is 5.47. The molecule has 162 valence electrons. The molecule has 0 bridgehead atoms. The van der Waals surface area contributed by atoms with Crippen molar-refractivity contribution in [3.63, 3.8) is 0 Å². The number of ether oxygens (including phenoxy) is 1. The Hall–Kier alpha value is -4.59. The molecule has 0 amide bonds. The van der Waals surface area contributed by atoms with Gasteiger partial charge in [-0.1, -0.05) is 84.0 Å². The molecule has 0 N–H and O–H groups in total. The van der Waals surface area contributed by atoms with Gasteiger partial charge < -0.3 is 9.26 Å². The van der Waals surface area contributed by atoms with Crippen LogP contribution < -0.4 is 5.56 Å². The molecule has 0 aliphatic carbocycles. The van der Waals surface area contributed by atoms with E-state index in [0.717, 1.165) is 11.1 Å². The van der Waals surface area contributed by atoms with Crippen LogP contribution in [-0.2, 0) is 17.9 Å². The summed E-state index contributed by atoms with van der Waals surface area (Å²) in [5.74, 6) is -0.127. The molecule has 33 heavy (non-hydrogen) atoms. The third-order valence-corrected chi connectivity index (χ3v) is 5.06. The predicted molar refractivity (Wildman–Crippen MR) is 120 cm³/mol. The van der Waals surface area contributed by atoms with Crippen LogP contribution in [0.1, 0.15) is 21.9 Å². The lowest BCUT2D eigenvalue weighted by molar-refractivity contribution is 0.0422. The van der Waals surface area contributed by atoms with E-state index in [4.69, 9.17) is 9.26 Å². The molecular formula is C25H18N4O4. The molecule has 0 saturated carbocycles. The number of rotatable bonds is 6. The summed E-state index contributed by atoms with van der Waals surface area (Å²) in [6.45, 7) is 0.0152. The SMILES string of the molecule is O=C(OCc1nc(-c2ccccc2)no1)c1nn(Cc2ccccc2)c(=O)c2ccccc12. The van der Waals surface area contributed by atoms with E-state index < -0.39 is 5.97 Å². The lowest BCUT2D eigenvalue weighted by Crippen LogP contribution is -2.27. The van der Waals surface area contributed by atoms with Crippen LogP contribution in [0.2, 0.25) is 0 Å². The van der Waals surface area contributed by atoms with Gasteiger partial charge in [-0.05, 0) is 11.6 Å². The summed E-state index contributed by atoms with van der Waals surface area (Å²) >= 11 is 0. The van der Waals surface area contributed by atoms with Crippen molar-refractivity contribution in [2.75, 3.05) is 0 Å². The zero-order chi connectivity index (χ0) is 22.6. The second-order valence-corrected chi connectivity index (χ2v) is 7.30. The van der Waals surface area contributed by atoms with Crippen LogP contribution in [0.3, 0.4) is 0 Å². The van der Waals surface area contributed by atoms with E-state index in [1.165, 1.54) is 4.68 Å². The first-order valence-electron chi connectivity index (χ1n) is 10.3. The summed E-state index contributed by atoms with van der Waals surface area (Å²) in [6.07, 6.45) is 0. The van der Waals surface area contributed by atoms with Crippen LogP contribution in [-0.4, -0.2) is 25.9 Å². The third kappa shape index (κ3) is 4.27. The summed E-state index contributed by atoms with van der Waals surface area (Å²) in [5, 5.41) is 9.06. The molecule has 8 nitrogen and oxygen atoms in total. The van der Waals surface area contributed by atoms with Crippen molar-refractivity contribution in [1.82, 2.24) is 19.9 Å². The first-order valence-corrected chi connectivity index (χ1v) is 10.3. The van der Waals surface area contributed by atoms with Gasteiger partial charge in [-0.15, -0.1) is 0 Å². The first-order chi connectivity index (χ1) is 16.2. The van der Waals surface area contributed by atoms with E-state index in [0.29, 0.717) is 16.6 Å². The van der Waals surface area contributed by atoms with Gasteiger partial charge in [0.25, 0.3) is 11.4 Å². The normalized spacial score (nSPS) is 10.9. The molecule has 0 unspecified atom stereocenters. The Labute approximate surface area is 188 Å². The number of benzene rings is 3. The number of carbonyl (C=O) groups is 1. The number of nitrogens with zero attached hydrogens (tertiary/aromatic N) is 4. The lowest BCUT2D eigenvalue weighted by atomic mass is 10.1. The average Bonchev–Trinajstić information content (AvgIpc) is 3.35. The van der Waals surface area contributed by atoms with Gasteiger partial charge >= 0.3 is 5.97 Å². The van der Waals surface area contributed by atoms with Crippen LogP contribution in [0.15, 0.2) is 94.2 Å². The Morgan fingerprint density at radius 3 is 2.30 bits per heavy atom. The van der Waals surface area contributed by atoms with Gasteiger partial charge in [0.15, 0.2) is 12.3 Å². The Morgan fingerprint density at radius 1 is 0.879 bits per heavy atom. The van der Waals surface area contributed by atoms with E-state index in [1.54, 1.807) is 24.3 Å². The number of esters is 1. The minimum Gasteiger partial charge on any atom is -0.451 e. The summed E-state index contributed by atoms with van der Waals surface area (Å²) in [6, 6.07) is 25.6. The summed E-state index contributed by atoms with van der Waals surface area (Å²) in [5.41, 5.74) is 1.44. The van der Waals surface area contributed by atoms with Gasteiger partial charge in [-0.3, -0.25) is 4.79 Å². The van der Waals surface area contributed by atoms with Crippen LogP contribution in [0, 0.1) is 0 Å². The van der Waals surface area contributed by atoms with Gasteiger partial charge in [0.2, 0.25) is 5.82 Å². The van der Waals surface area contributed by atoms with Gasteiger partial charge in [-0.25, -0.2) is 9.48 Å².